The number of nitrogens with one attached hydrogen (secondary N) is 1. The minimum absolute atomic E-state index is 0.0118. The Balaban J connectivity index is 3.36. The highest BCUT2D eigenvalue weighted by Gasteiger charge is 2.04. The van der Waals surface area contributed by atoms with Gasteiger partial charge in [0.15, 0.2) is 0 Å². The normalized spacial score (nSPS) is 12.4. The predicted molar refractivity (Wildman–Crippen MR) is 56.9 cm³/mol. The zero-order chi connectivity index (χ0) is 9.94. The molecule has 0 bridgehead atoms. The van der Waals surface area contributed by atoms with E-state index in [1.165, 1.54) is 0 Å². The van der Waals surface area contributed by atoms with E-state index in [0.29, 0.717) is 6.61 Å². The molecule has 0 aliphatic rings. The number of methoxy groups -OCH3 is 1. The van der Waals surface area contributed by atoms with Crippen LogP contribution in [0.2, 0.25) is 0 Å². The first kappa shape index (κ1) is 12.8. The highest BCUT2D eigenvalue weighted by atomic mass is 32.2. The van der Waals surface area contributed by atoms with E-state index >= 15 is 0 Å². The van der Waals surface area contributed by atoms with Crippen LogP contribution in [0, 0.1) is 11.3 Å². The third kappa shape index (κ3) is 8.10. The van der Waals surface area contributed by atoms with Gasteiger partial charge in [-0.25, -0.2) is 0 Å². The van der Waals surface area contributed by atoms with E-state index in [2.05, 4.69) is 17.6 Å². The van der Waals surface area contributed by atoms with Gasteiger partial charge in [0.1, 0.15) is 0 Å². The number of hydrogen-bond acceptors (Lipinski definition) is 4. The largest absolute Gasteiger partial charge is 0.383 e. The maximum absolute atomic E-state index is 8.76. The summed E-state index contributed by atoms with van der Waals surface area (Å²) in [5, 5.41) is 11.9. The second-order valence-electron chi connectivity index (χ2n) is 2.76. The average Bonchev–Trinajstić information content (AvgIpc) is 2.16. The van der Waals surface area contributed by atoms with Crippen molar-refractivity contribution in [2.45, 2.75) is 18.9 Å². The summed E-state index contributed by atoms with van der Waals surface area (Å²) in [6.07, 6.45) is 4.11. The van der Waals surface area contributed by atoms with Crippen molar-refractivity contribution >= 4 is 11.8 Å². The molecule has 76 valence electrons. The Morgan fingerprint density at radius 2 is 2.38 bits per heavy atom. The summed E-state index contributed by atoms with van der Waals surface area (Å²) >= 11 is 1.82. The fourth-order valence-electron chi connectivity index (χ4n) is 0.979. The Bertz CT molecular complexity index is 137. The van der Waals surface area contributed by atoms with Crippen LogP contribution >= 0.6 is 11.8 Å². The number of hydrogen-bond donors (Lipinski definition) is 1. The van der Waals surface area contributed by atoms with Crippen LogP contribution in [-0.4, -0.2) is 38.3 Å². The second kappa shape index (κ2) is 9.85. The molecule has 13 heavy (non-hydrogen) atoms. The molecule has 0 aromatic heterocycles. The van der Waals surface area contributed by atoms with Gasteiger partial charge < -0.3 is 4.74 Å². The fourth-order valence-corrected chi connectivity index (χ4v) is 1.43. The Morgan fingerprint density at radius 3 is 2.92 bits per heavy atom. The van der Waals surface area contributed by atoms with E-state index in [-0.39, 0.29) is 6.04 Å². The Labute approximate surface area is 84.8 Å². The van der Waals surface area contributed by atoms with Gasteiger partial charge in [-0.3, -0.25) is 5.32 Å². The number of rotatable bonds is 8. The molecule has 1 N–H and O–H groups in total. The monoisotopic (exact) mass is 202 g/mol. The molecular formula is C9H18N2OS. The van der Waals surface area contributed by atoms with Crippen molar-refractivity contribution in [2.75, 3.05) is 32.3 Å². The third-order valence-corrected chi connectivity index (χ3v) is 2.39. The molecule has 1 atom stereocenters. The number of thioether (sulfide) groups is 1. The molecular weight excluding hydrogens is 184 g/mol. The molecule has 0 aromatic rings. The highest BCUT2D eigenvalue weighted by Crippen LogP contribution is 2.02. The van der Waals surface area contributed by atoms with Crippen LogP contribution in [0.1, 0.15) is 12.8 Å². The third-order valence-electron chi connectivity index (χ3n) is 1.69. The van der Waals surface area contributed by atoms with E-state index in [0.717, 1.165) is 25.1 Å². The van der Waals surface area contributed by atoms with Crippen molar-refractivity contribution in [2.24, 2.45) is 0 Å². The molecule has 0 aromatic carbocycles. The summed E-state index contributed by atoms with van der Waals surface area (Å²) in [4.78, 5) is 0. The lowest BCUT2D eigenvalue weighted by Gasteiger charge is -2.09. The molecule has 4 heteroatoms. The van der Waals surface area contributed by atoms with Crippen molar-refractivity contribution in [3.8, 4) is 6.07 Å². The lowest BCUT2D eigenvalue weighted by Crippen LogP contribution is -2.30. The van der Waals surface area contributed by atoms with Crippen molar-refractivity contribution in [3.63, 3.8) is 0 Å². The van der Waals surface area contributed by atoms with Gasteiger partial charge in [0.25, 0.3) is 0 Å². The molecule has 0 saturated heterocycles. The van der Waals surface area contributed by atoms with Gasteiger partial charge in [-0.05, 0) is 24.9 Å². The maximum Gasteiger partial charge on any atom is 0.0954 e. The molecule has 0 saturated carbocycles. The van der Waals surface area contributed by atoms with Crippen LogP contribution in [0.3, 0.4) is 0 Å². The van der Waals surface area contributed by atoms with E-state index < -0.39 is 0 Å². The van der Waals surface area contributed by atoms with E-state index in [9.17, 15) is 0 Å². The smallest absolute Gasteiger partial charge is 0.0954 e. The van der Waals surface area contributed by atoms with Crippen molar-refractivity contribution in [3.05, 3.63) is 0 Å². The van der Waals surface area contributed by atoms with Crippen molar-refractivity contribution in [1.82, 2.24) is 5.32 Å². The van der Waals surface area contributed by atoms with Crippen molar-refractivity contribution in [1.29, 1.82) is 5.26 Å². The van der Waals surface area contributed by atoms with Gasteiger partial charge in [0, 0.05) is 13.7 Å². The Kier molecular flexibility index (Phi) is 9.66. The first-order valence-corrected chi connectivity index (χ1v) is 5.85. The molecule has 0 radical (unpaired) electrons. The summed E-state index contributed by atoms with van der Waals surface area (Å²) in [5.74, 6) is 1.13. The zero-order valence-electron chi connectivity index (χ0n) is 8.38. The SMILES string of the molecule is COCCNC(C#N)CCCSC. The lowest BCUT2D eigenvalue weighted by molar-refractivity contribution is 0.197. The predicted octanol–water partition coefficient (Wildman–Crippen LogP) is 1.26. The minimum Gasteiger partial charge on any atom is -0.383 e. The Hall–Kier alpha value is -0.240. The summed E-state index contributed by atoms with van der Waals surface area (Å²) in [5.41, 5.74) is 0. The summed E-state index contributed by atoms with van der Waals surface area (Å²) in [6.45, 7) is 1.43. The van der Waals surface area contributed by atoms with Crippen LogP contribution in [0.4, 0.5) is 0 Å². The molecule has 0 aliphatic heterocycles. The molecule has 1 unspecified atom stereocenters. The van der Waals surface area contributed by atoms with Crippen LogP contribution in [0.15, 0.2) is 0 Å². The number of nitriles is 1. The quantitative estimate of drug-likeness (QED) is 0.602. The zero-order valence-corrected chi connectivity index (χ0v) is 9.19. The van der Waals surface area contributed by atoms with Gasteiger partial charge in [0.05, 0.1) is 18.7 Å². The summed E-state index contributed by atoms with van der Waals surface area (Å²) in [7, 11) is 1.66. The second-order valence-corrected chi connectivity index (χ2v) is 3.75. The first-order chi connectivity index (χ1) is 6.35. The van der Waals surface area contributed by atoms with Crippen LogP contribution < -0.4 is 5.32 Å². The van der Waals surface area contributed by atoms with Crippen molar-refractivity contribution < 1.29 is 4.74 Å². The van der Waals surface area contributed by atoms with Gasteiger partial charge >= 0.3 is 0 Å². The van der Waals surface area contributed by atoms with Gasteiger partial charge in [-0.1, -0.05) is 0 Å². The van der Waals surface area contributed by atoms with Gasteiger partial charge in [-0.15, -0.1) is 0 Å². The Morgan fingerprint density at radius 1 is 1.62 bits per heavy atom. The maximum atomic E-state index is 8.76. The highest BCUT2D eigenvalue weighted by molar-refractivity contribution is 7.98. The molecule has 0 amide bonds. The molecule has 0 heterocycles. The van der Waals surface area contributed by atoms with Crippen LogP contribution in [0.25, 0.3) is 0 Å². The van der Waals surface area contributed by atoms with Crippen LogP contribution in [0.5, 0.6) is 0 Å². The molecule has 0 fully saturated rings. The summed E-state index contributed by atoms with van der Waals surface area (Å²) < 4.78 is 4.89. The average molecular weight is 202 g/mol. The molecule has 0 aliphatic carbocycles. The van der Waals surface area contributed by atoms with Gasteiger partial charge in [-0.2, -0.15) is 17.0 Å². The fraction of sp³-hybridized carbons (Fsp3) is 0.889. The lowest BCUT2D eigenvalue weighted by atomic mass is 10.2. The topological polar surface area (TPSA) is 45.0 Å². The van der Waals surface area contributed by atoms with E-state index in [4.69, 9.17) is 10.00 Å². The summed E-state index contributed by atoms with van der Waals surface area (Å²) in [6, 6.07) is 2.23. The molecule has 0 spiro atoms. The molecule has 3 nitrogen and oxygen atoms in total. The molecule has 0 rings (SSSR count). The number of nitrogens with zero attached hydrogens (tertiary/aromatic N) is 1. The van der Waals surface area contributed by atoms with Gasteiger partial charge in [0.2, 0.25) is 0 Å². The minimum atomic E-state index is -0.0118. The van der Waals surface area contributed by atoms with E-state index in [1.54, 1.807) is 7.11 Å². The first-order valence-electron chi connectivity index (χ1n) is 4.46. The van der Waals surface area contributed by atoms with E-state index in [1.807, 2.05) is 11.8 Å². The standard InChI is InChI=1S/C9H18N2OS/c1-12-6-5-11-9(8-10)4-3-7-13-2/h9,11H,3-7H2,1-2H3. The van der Waals surface area contributed by atoms with Crippen LogP contribution in [-0.2, 0) is 4.74 Å². The number of ether oxygens (including phenoxy) is 1.